The molecule has 0 saturated carbocycles. The Morgan fingerprint density at radius 1 is 1.43 bits per heavy atom. The van der Waals surface area contributed by atoms with E-state index < -0.39 is 5.84 Å². The Morgan fingerprint density at radius 3 is 2.57 bits per heavy atom. The van der Waals surface area contributed by atoms with Crippen LogP contribution < -0.4 is 21.7 Å². The molecule has 108 valence electrons. The summed E-state index contributed by atoms with van der Waals surface area (Å²) in [4.78, 5) is 18.5. The SMILES string of the molecule is CN(C)c1cc2[nH]c(=O)[nH]c2cc1N/N=C(\C#N)C(=N)N. The van der Waals surface area contributed by atoms with Crippen molar-refractivity contribution in [1.82, 2.24) is 9.97 Å². The van der Waals surface area contributed by atoms with Gasteiger partial charge in [0.15, 0.2) is 5.84 Å². The van der Waals surface area contributed by atoms with E-state index in [1.807, 2.05) is 19.0 Å². The Bertz CT molecular complexity index is 820. The standard InChI is InChI=1S/C12H14N8O/c1-20(2)10-4-7-6(16-12(21)17-7)3-8(10)18-19-9(5-13)11(14)15/h3-4,18H,1-2H3,(H3,14,15)(H2,16,17,21)/b19-9+. The summed E-state index contributed by atoms with van der Waals surface area (Å²) in [6, 6.07) is 5.17. The lowest BCUT2D eigenvalue weighted by molar-refractivity contribution is 1.13. The molecule has 9 heteroatoms. The van der Waals surface area contributed by atoms with Gasteiger partial charge in [0, 0.05) is 14.1 Å². The average molecular weight is 286 g/mol. The van der Waals surface area contributed by atoms with E-state index in [0.717, 1.165) is 5.69 Å². The van der Waals surface area contributed by atoms with E-state index in [9.17, 15) is 4.79 Å². The second-order valence-corrected chi connectivity index (χ2v) is 4.49. The Balaban J connectivity index is 2.51. The van der Waals surface area contributed by atoms with Crippen molar-refractivity contribution in [3.05, 3.63) is 22.6 Å². The maximum atomic E-state index is 11.3. The number of amidine groups is 1. The number of imidazole rings is 1. The van der Waals surface area contributed by atoms with Crippen LogP contribution in [0.4, 0.5) is 11.4 Å². The van der Waals surface area contributed by atoms with Crippen LogP contribution in [0, 0.1) is 16.7 Å². The third kappa shape index (κ3) is 2.84. The average Bonchev–Trinajstić information content (AvgIpc) is 2.76. The van der Waals surface area contributed by atoms with E-state index in [1.165, 1.54) is 0 Å². The van der Waals surface area contributed by atoms with Crippen molar-refractivity contribution >= 4 is 34.0 Å². The highest BCUT2D eigenvalue weighted by Crippen LogP contribution is 2.28. The van der Waals surface area contributed by atoms with Gasteiger partial charge in [0.1, 0.15) is 6.07 Å². The summed E-state index contributed by atoms with van der Waals surface area (Å²) in [7, 11) is 3.66. The quantitative estimate of drug-likeness (QED) is 0.308. The van der Waals surface area contributed by atoms with E-state index >= 15 is 0 Å². The third-order valence-corrected chi connectivity index (χ3v) is 2.76. The minimum absolute atomic E-state index is 0.220. The van der Waals surface area contributed by atoms with Gasteiger partial charge in [-0.15, -0.1) is 0 Å². The monoisotopic (exact) mass is 286 g/mol. The molecule has 9 nitrogen and oxygen atoms in total. The van der Waals surface area contributed by atoms with Crippen LogP contribution in [0.5, 0.6) is 0 Å². The summed E-state index contributed by atoms with van der Waals surface area (Å²) in [5.74, 6) is -0.424. The number of nitrogens with one attached hydrogen (secondary N) is 4. The number of nitrogens with two attached hydrogens (primary N) is 1. The van der Waals surface area contributed by atoms with Crippen molar-refractivity contribution in [2.45, 2.75) is 0 Å². The number of rotatable bonds is 4. The van der Waals surface area contributed by atoms with Crippen LogP contribution in [0.3, 0.4) is 0 Å². The van der Waals surface area contributed by atoms with Gasteiger partial charge in [-0.1, -0.05) is 0 Å². The number of aromatic nitrogens is 2. The van der Waals surface area contributed by atoms with Crippen molar-refractivity contribution < 1.29 is 0 Å². The summed E-state index contributed by atoms with van der Waals surface area (Å²) in [5.41, 5.74) is 9.97. The molecule has 21 heavy (non-hydrogen) atoms. The molecule has 1 aromatic heterocycles. The number of benzene rings is 1. The topological polar surface area (TPSA) is 150 Å². The van der Waals surface area contributed by atoms with Crippen molar-refractivity contribution in [2.24, 2.45) is 10.8 Å². The molecule has 0 fully saturated rings. The van der Waals surface area contributed by atoms with Gasteiger partial charge in [0.25, 0.3) is 0 Å². The second kappa shape index (κ2) is 5.38. The first-order valence-corrected chi connectivity index (χ1v) is 5.94. The van der Waals surface area contributed by atoms with Gasteiger partial charge in [-0.2, -0.15) is 10.4 Å². The molecule has 2 aromatic rings. The predicted molar refractivity (Wildman–Crippen MR) is 81.8 cm³/mol. The predicted octanol–water partition coefficient (Wildman–Crippen LogP) is 0.150. The van der Waals surface area contributed by atoms with Gasteiger partial charge in [0.05, 0.1) is 22.4 Å². The van der Waals surface area contributed by atoms with Gasteiger partial charge < -0.3 is 20.6 Å². The number of nitriles is 1. The maximum absolute atomic E-state index is 11.3. The minimum Gasteiger partial charge on any atom is -0.382 e. The summed E-state index contributed by atoms with van der Waals surface area (Å²) in [5, 5.41) is 19.8. The van der Waals surface area contributed by atoms with Crippen LogP contribution in [-0.2, 0) is 0 Å². The van der Waals surface area contributed by atoms with Crippen molar-refractivity contribution in [1.29, 1.82) is 10.7 Å². The third-order valence-electron chi connectivity index (χ3n) is 2.76. The molecule has 0 aliphatic carbocycles. The van der Waals surface area contributed by atoms with E-state index in [-0.39, 0.29) is 11.4 Å². The fourth-order valence-electron chi connectivity index (χ4n) is 1.79. The van der Waals surface area contributed by atoms with Crippen LogP contribution in [0.2, 0.25) is 0 Å². The van der Waals surface area contributed by atoms with Crippen LogP contribution in [0.25, 0.3) is 11.0 Å². The van der Waals surface area contributed by atoms with Crippen molar-refractivity contribution in [2.75, 3.05) is 24.4 Å². The molecule has 0 aliphatic heterocycles. The summed E-state index contributed by atoms with van der Waals surface area (Å²) >= 11 is 0. The first-order chi connectivity index (χ1) is 9.92. The van der Waals surface area contributed by atoms with E-state index in [4.69, 9.17) is 16.4 Å². The maximum Gasteiger partial charge on any atom is 0.323 e. The van der Waals surface area contributed by atoms with E-state index in [1.54, 1.807) is 18.2 Å². The summed E-state index contributed by atoms with van der Waals surface area (Å²) in [6.07, 6.45) is 0. The smallest absolute Gasteiger partial charge is 0.323 e. The minimum atomic E-state index is -0.424. The largest absolute Gasteiger partial charge is 0.382 e. The molecular weight excluding hydrogens is 272 g/mol. The second-order valence-electron chi connectivity index (χ2n) is 4.49. The van der Waals surface area contributed by atoms with Gasteiger partial charge in [0.2, 0.25) is 5.71 Å². The zero-order chi connectivity index (χ0) is 15.6. The number of hydrazone groups is 1. The number of hydrogen-bond acceptors (Lipinski definition) is 6. The molecule has 0 amide bonds. The molecule has 1 heterocycles. The van der Waals surface area contributed by atoms with Crippen molar-refractivity contribution in [3.8, 4) is 6.07 Å². The number of nitrogens with zero attached hydrogens (tertiary/aromatic N) is 3. The highest BCUT2D eigenvalue weighted by Gasteiger charge is 2.09. The van der Waals surface area contributed by atoms with E-state index in [0.29, 0.717) is 16.7 Å². The molecule has 0 aliphatic rings. The number of fused-ring (bicyclic) bond motifs is 1. The summed E-state index contributed by atoms with van der Waals surface area (Å²) < 4.78 is 0. The number of H-pyrrole nitrogens is 2. The normalized spacial score (nSPS) is 11.2. The van der Waals surface area contributed by atoms with Gasteiger partial charge >= 0.3 is 5.69 Å². The van der Waals surface area contributed by atoms with Crippen LogP contribution in [0.1, 0.15) is 0 Å². The summed E-state index contributed by atoms with van der Waals surface area (Å²) in [6.45, 7) is 0. The van der Waals surface area contributed by atoms with Crippen LogP contribution >= 0.6 is 0 Å². The molecule has 6 N–H and O–H groups in total. The Kier molecular flexibility index (Phi) is 3.62. The molecule has 0 atom stereocenters. The molecule has 0 bridgehead atoms. The van der Waals surface area contributed by atoms with Gasteiger partial charge in [-0.3, -0.25) is 10.8 Å². The zero-order valence-electron chi connectivity index (χ0n) is 11.5. The van der Waals surface area contributed by atoms with Gasteiger partial charge in [-0.25, -0.2) is 4.79 Å². The first kappa shape index (κ1) is 14.1. The highest BCUT2D eigenvalue weighted by molar-refractivity contribution is 6.45. The lowest BCUT2D eigenvalue weighted by atomic mass is 10.2. The molecule has 2 rings (SSSR count). The molecule has 0 spiro atoms. The van der Waals surface area contributed by atoms with Crippen molar-refractivity contribution in [3.63, 3.8) is 0 Å². The fourth-order valence-corrected chi connectivity index (χ4v) is 1.79. The lowest BCUT2D eigenvalue weighted by Crippen LogP contribution is -2.22. The Labute approximate surface area is 119 Å². The van der Waals surface area contributed by atoms with E-state index in [2.05, 4.69) is 20.5 Å². The molecule has 1 aromatic carbocycles. The Hall–Kier alpha value is -3.28. The van der Waals surface area contributed by atoms with Crippen LogP contribution in [-0.4, -0.2) is 35.6 Å². The molecule has 0 unspecified atom stereocenters. The highest BCUT2D eigenvalue weighted by atomic mass is 16.1. The lowest BCUT2D eigenvalue weighted by Gasteiger charge is -2.17. The fraction of sp³-hybridized carbons (Fsp3) is 0.167. The zero-order valence-corrected chi connectivity index (χ0v) is 11.5. The number of hydrogen-bond donors (Lipinski definition) is 5. The molecule has 0 radical (unpaired) electrons. The Morgan fingerprint density at radius 2 is 2.05 bits per heavy atom. The number of aromatic amines is 2. The van der Waals surface area contributed by atoms with Crippen LogP contribution in [0.15, 0.2) is 22.0 Å². The number of anilines is 2. The van der Waals surface area contributed by atoms with Gasteiger partial charge in [-0.05, 0) is 12.1 Å². The molecule has 0 saturated heterocycles. The molecular formula is C12H14N8O. The first-order valence-electron chi connectivity index (χ1n) is 5.94.